The second-order valence-electron chi connectivity index (χ2n) is 11.8. The summed E-state index contributed by atoms with van der Waals surface area (Å²) >= 11 is 0. The van der Waals surface area contributed by atoms with E-state index in [4.69, 9.17) is 4.74 Å². The summed E-state index contributed by atoms with van der Waals surface area (Å²) in [5.74, 6) is 1.24. The Morgan fingerprint density at radius 2 is 1.64 bits per heavy atom. The molecule has 44 heavy (non-hydrogen) atoms. The summed E-state index contributed by atoms with van der Waals surface area (Å²) in [5.41, 5.74) is 6.39. The average molecular weight is 590 g/mol. The molecule has 0 aliphatic heterocycles. The zero-order valence-corrected chi connectivity index (χ0v) is 25.1. The highest BCUT2D eigenvalue weighted by Crippen LogP contribution is 2.31. The van der Waals surface area contributed by atoms with Crippen LogP contribution >= 0.6 is 0 Å². The van der Waals surface area contributed by atoms with Gasteiger partial charge in [0.1, 0.15) is 17.9 Å². The molecule has 1 saturated carbocycles. The summed E-state index contributed by atoms with van der Waals surface area (Å²) < 4.78 is 6.40. The Labute approximate surface area is 258 Å². The van der Waals surface area contributed by atoms with Crippen LogP contribution in [-0.2, 0) is 28.9 Å². The minimum Gasteiger partial charge on any atom is -0.490 e. The van der Waals surface area contributed by atoms with Gasteiger partial charge in [-0.3, -0.25) is 9.59 Å². The molecule has 0 bridgehead atoms. The number of hydrogen-bond donors (Lipinski definition) is 3. The maximum atomic E-state index is 13.0. The molecule has 2 aliphatic carbocycles. The Morgan fingerprint density at radius 1 is 0.864 bits per heavy atom. The molecule has 0 unspecified atom stereocenters. The van der Waals surface area contributed by atoms with E-state index in [9.17, 15) is 9.59 Å². The Hall–Kier alpha value is -4.72. The average Bonchev–Trinajstić information content (AvgIpc) is 3.46. The maximum Gasteiger partial charge on any atom is 0.242 e. The zero-order valence-electron chi connectivity index (χ0n) is 25.1. The third kappa shape index (κ3) is 7.25. The van der Waals surface area contributed by atoms with Gasteiger partial charge < -0.3 is 20.7 Å². The summed E-state index contributed by atoms with van der Waals surface area (Å²) in [6.45, 7) is 0. The predicted octanol–water partition coefficient (Wildman–Crippen LogP) is 5.79. The van der Waals surface area contributed by atoms with Gasteiger partial charge >= 0.3 is 0 Å². The van der Waals surface area contributed by atoms with Crippen molar-refractivity contribution in [2.24, 2.45) is 5.92 Å². The van der Waals surface area contributed by atoms with Gasteiger partial charge in [-0.2, -0.15) is 0 Å². The number of rotatable bonds is 10. The molecule has 2 aliphatic rings. The molecule has 1 fully saturated rings. The summed E-state index contributed by atoms with van der Waals surface area (Å²) in [4.78, 5) is 34.6. The Morgan fingerprint density at radius 3 is 2.41 bits per heavy atom. The first-order valence-electron chi connectivity index (χ1n) is 15.6. The number of aromatic nitrogens is 2. The van der Waals surface area contributed by atoms with Crippen molar-refractivity contribution in [2.75, 3.05) is 12.4 Å². The molecule has 0 saturated heterocycles. The lowest BCUT2D eigenvalue weighted by Gasteiger charge is -2.29. The number of ether oxygens (including phenoxy) is 1. The summed E-state index contributed by atoms with van der Waals surface area (Å²) in [7, 11) is 1.63. The van der Waals surface area contributed by atoms with E-state index >= 15 is 0 Å². The molecule has 4 aromatic rings. The third-order valence-corrected chi connectivity index (χ3v) is 8.65. The molecule has 226 valence electrons. The van der Waals surface area contributed by atoms with Crippen molar-refractivity contribution in [3.63, 3.8) is 0 Å². The lowest BCUT2D eigenvalue weighted by atomic mass is 9.83. The van der Waals surface area contributed by atoms with Crippen molar-refractivity contribution >= 4 is 23.5 Å². The molecule has 3 aromatic carbocycles. The SMILES string of the molecule is CNC(=O)[C@H](NC(=O)Cc1cccc(O[C@@H]2Cc3ccc(-c4cnc(Nc5ccccc5)nc4)cc3C2)c1)C1CCCCC1. The molecule has 2 atom stereocenters. The van der Waals surface area contributed by atoms with Crippen LogP contribution < -0.4 is 20.7 Å². The van der Waals surface area contributed by atoms with Crippen molar-refractivity contribution in [1.82, 2.24) is 20.6 Å². The highest BCUT2D eigenvalue weighted by molar-refractivity contribution is 5.88. The second-order valence-corrected chi connectivity index (χ2v) is 11.8. The van der Waals surface area contributed by atoms with Crippen LogP contribution in [0.1, 0.15) is 48.8 Å². The van der Waals surface area contributed by atoms with E-state index in [1.165, 1.54) is 17.5 Å². The first kappa shape index (κ1) is 29.4. The Bertz CT molecular complexity index is 1590. The van der Waals surface area contributed by atoms with Gasteiger partial charge in [0.25, 0.3) is 0 Å². The molecular formula is C36H39N5O3. The van der Waals surface area contributed by atoms with Gasteiger partial charge in [-0.25, -0.2) is 9.97 Å². The molecular weight excluding hydrogens is 550 g/mol. The fourth-order valence-electron chi connectivity index (χ4n) is 6.38. The highest BCUT2D eigenvalue weighted by atomic mass is 16.5. The van der Waals surface area contributed by atoms with Gasteiger partial charge in [-0.05, 0) is 65.3 Å². The smallest absolute Gasteiger partial charge is 0.242 e. The van der Waals surface area contributed by atoms with E-state index in [2.05, 4.69) is 44.1 Å². The number of carbonyl (C=O) groups is 2. The molecule has 1 heterocycles. The van der Waals surface area contributed by atoms with Gasteiger partial charge in [0.15, 0.2) is 0 Å². The number of benzene rings is 3. The van der Waals surface area contributed by atoms with Crippen LogP contribution in [0.25, 0.3) is 11.1 Å². The van der Waals surface area contributed by atoms with E-state index < -0.39 is 6.04 Å². The predicted molar refractivity (Wildman–Crippen MR) is 172 cm³/mol. The lowest BCUT2D eigenvalue weighted by Crippen LogP contribution is -2.51. The number of likely N-dealkylation sites (N-methyl/N-ethyl adjacent to an activating group) is 1. The standard InChI is InChI=1S/C36H39N5O3/c1-37-35(43)34(25-10-4-2-5-11-25)41-33(42)18-24-9-8-14-31(17-24)44-32-20-27-16-15-26(19-28(27)21-32)29-22-38-36(39-23-29)40-30-12-6-3-7-13-30/h3,6-9,12-17,19,22-23,25,32,34H,2,4-5,10-11,18,20-21H2,1H3,(H,37,43)(H,41,42)(H,38,39,40)/t32-,34-/m1/s1. The number of hydrogen-bond acceptors (Lipinski definition) is 6. The number of fused-ring (bicyclic) bond motifs is 1. The first-order valence-corrected chi connectivity index (χ1v) is 15.6. The number of anilines is 2. The van der Waals surface area contributed by atoms with Crippen LogP contribution in [0.2, 0.25) is 0 Å². The van der Waals surface area contributed by atoms with Crippen molar-refractivity contribution in [3.05, 3.63) is 102 Å². The fraction of sp³-hybridized carbons (Fsp3) is 0.333. The Kier molecular flexibility index (Phi) is 9.15. The summed E-state index contributed by atoms with van der Waals surface area (Å²) in [6, 6.07) is 23.6. The minimum absolute atomic E-state index is 0.0157. The number of nitrogens with one attached hydrogen (secondary N) is 3. The van der Waals surface area contributed by atoms with E-state index in [1.807, 2.05) is 67.0 Å². The van der Waals surface area contributed by atoms with Crippen LogP contribution in [0, 0.1) is 5.92 Å². The van der Waals surface area contributed by atoms with Gasteiger partial charge in [0, 0.05) is 43.5 Å². The van der Waals surface area contributed by atoms with Crippen LogP contribution in [-0.4, -0.2) is 41.0 Å². The topological polar surface area (TPSA) is 105 Å². The maximum absolute atomic E-state index is 13.0. The number of nitrogens with zero attached hydrogens (tertiary/aromatic N) is 2. The highest BCUT2D eigenvalue weighted by Gasteiger charge is 2.30. The van der Waals surface area contributed by atoms with Crippen molar-refractivity contribution in [1.29, 1.82) is 0 Å². The molecule has 0 radical (unpaired) electrons. The van der Waals surface area contributed by atoms with Crippen molar-refractivity contribution in [2.45, 2.75) is 63.5 Å². The number of carbonyl (C=O) groups excluding carboxylic acids is 2. The second kappa shape index (κ2) is 13.7. The monoisotopic (exact) mass is 589 g/mol. The van der Waals surface area contributed by atoms with E-state index in [0.29, 0.717) is 5.95 Å². The molecule has 1 aromatic heterocycles. The molecule has 3 N–H and O–H groups in total. The van der Waals surface area contributed by atoms with Crippen LogP contribution in [0.5, 0.6) is 5.75 Å². The molecule has 8 nitrogen and oxygen atoms in total. The van der Waals surface area contributed by atoms with E-state index in [1.54, 1.807) is 7.05 Å². The van der Waals surface area contributed by atoms with Gasteiger partial charge in [-0.15, -0.1) is 0 Å². The molecule has 2 amide bonds. The van der Waals surface area contributed by atoms with Gasteiger partial charge in [-0.1, -0.05) is 67.8 Å². The number of para-hydroxylation sites is 1. The van der Waals surface area contributed by atoms with Gasteiger partial charge in [0.2, 0.25) is 17.8 Å². The molecule has 6 rings (SSSR count). The largest absolute Gasteiger partial charge is 0.490 e. The van der Waals surface area contributed by atoms with Crippen molar-refractivity contribution in [3.8, 4) is 16.9 Å². The number of amides is 2. The quantitative estimate of drug-likeness (QED) is 0.216. The van der Waals surface area contributed by atoms with Crippen LogP contribution in [0.3, 0.4) is 0 Å². The lowest BCUT2D eigenvalue weighted by molar-refractivity contribution is -0.130. The van der Waals surface area contributed by atoms with E-state index in [0.717, 1.165) is 66.7 Å². The normalized spacial score (nSPS) is 16.9. The third-order valence-electron chi connectivity index (χ3n) is 8.65. The Balaban J connectivity index is 1.05. The van der Waals surface area contributed by atoms with Crippen LogP contribution in [0.4, 0.5) is 11.6 Å². The fourth-order valence-corrected chi connectivity index (χ4v) is 6.38. The van der Waals surface area contributed by atoms with Crippen molar-refractivity contribution < 1.29 is 14.3 Å². The van der Waals surface area contributed by atoms with Gasteiger partial charge in [0.05, 0.1) is 6.42 Å². The summed E-state index contributed by atoms with van der Waals surface area (Å²) in [5, 5.41) is 8.97. The minimum atomic E-state index is -0.482. The molecule has 0 spiro atoms. The molecule has 8 heteroatoms. The van der Waals surface area contributed by atoms with E-state index in [-0.39, 0.29) is 30.3 Å². The zero-order chi connectivity index (χ0) is 30.3. The van der Waals surface area contributed by atoms with Crippen LogP contribution in [0.15, 0.2) is 85.2 Å². The summed E-state index contributed by atoms with van der Waals surface area (Å²) in [6.07, 6.45) is 10.9. The first-order chi connectivity index (χ1) is 21.5.